The summed E-state index contributed by atoms with van der Waals surface area (Å²) in [6.07, 6.45) is 5.58. The Labute approximate surface area is 201 Å². The van der Waals surface area contributed by atoms with E-state index in [9.17, 15) is 13.2 Å². The molecule has 0 aliphatic carbocycles. The van der Waals surface area contributed by atoms with Crippen molar-refractivity contribution >= 4 is 32.5 Å². The number of aromatic nitrogens is 1. The molecule has 1 amide bonds. The predicted octanol–water partition coefficient (Wildman–Crippen LogP) is 3.76. The summed E-state index contributed by atoms with van der Waals surface area (Å²) in [4.78, 5) is 22.1. The summed E-state index contributed by atoms with van der Waals surface area (Å²) < 4.78 is 26.3. The van der Waals surface area contributed by atoms with E-state index < -0.39 is 15.9 Å². The molecule has 0 spiro atoms. The summed E-state index contributed by atoms with van der Waals surface area (Å²) >= 11 is 0. The molecule has 0 bridgehead atoms. The maximum absolute atomic E-state index is 12.6. The molecule has 5 rings (SSSR count). The Kier molecular flexibility index (Phi) is 6.52. The molecule has 178 valence electrons. The van der Waals surface area contributed by atoms with Gasteiger partial charge >= 0.3 is 0 Å². The summed E-state index contributed by atoms with van der Waals surface area (Å²) in [6, 6.07) is 16.9. The predicted molar refractivity (Wildman–Crippen MR) is 134 cm³/mol. The lowest BCUT2D eigenvalue weighted by molar-refractivity contribution is 0.0869. The molecule has 2 aromatic carbocycles. The van der Waals surface area contributed by atoms with Crippen molar-refractivity contribution in [2.45, 2.75) is 30.6 Å². The Morgan fingerprint density at radius 3 is 2.32 bits per heavy atom. The first-order valence-corrected chi connectivity index (χ1v) is 13.5. The zero-order valence-corrected chi connectivity index (χ0v) is 20.1. The topological polar surface area (TPSA) is 73.8 Å². The molecule has 3 aromatic rings. The van der Waals surface area contributed by atoms with E-state index in [0.29, 0.717) is 12.0 Å². The molecule has 3 heterocycles. The first-order valence-electron chi connectivity index (χ1n) is 12.0. The monoisotopic (exact) mass is 478 g/mol. The van der Waals surface area contributed by atoms with Gasteiger partial charge in [-0.2, -0.15) is 0 Å². The fraction of sp³-hybridized carbons (Fsp3) is 0.385. The van der Waals surface area contributed by atoms with Crippen LogP contribution in [0, 0.1) is 0 Å². The van der Waals surface area contributed by atoms with Crippen molar-refractivity contribution in [3.63, 3.8) is 0 Å². The van der Waals surface area contributed by atoms with Crippen LogP contribution in [0.2, 0.25) is 0 Å². The van der Waals surface area contributed by atoms with Crippen LogP contribution in [0.4, 0.5) is 5.69 Å². The highest BCUT2D eigenvalue weighted by atomic mass is 32.2. The van der Waals surface area contributed by atoms with Crippen molar-refractivity contribution in [3.05, 3.63) is 66.4 Å². The fourth-order valence-corrected chi connectivity index (χ4v) is 6.56. The standard InChI is InChI=1S/C26H30N4O3S/c31-26-22-11-3-4-13-24(22)34(32,33)30(26)16-6-2-1-5-15-28-17-19-29(20-18-28)23-12-7-9-21-10-8-14-27-25(21)23/h3-4,7-14H,1-2,5-6,15-20H2. The van der Waals surface area contributed by atoms with Crippen molar-refractivity contribution in [2.24, 2.45) is 0 Å². The van der Waals surface area contributed by atoms with E-state index in [1.165, 1.54) is 17.1 Å². The number of hydrogen-bond donors (Lipinski definition) is 0. The molecule has 1 saturated heterocycles. The number of benzene rings is 2. The van der Waals surface area contributed by atoms with E-state index in [1.54, 1.807) is 18.2 Å². The van der Waals surface area contributed by atoms with Crippen LogP contribution >= 0.6 is 0 Å². The first kappa shape index (κ1) is 22.8. The molecule has 0 radical (unpaired) electrons. The van der Waals surface area contributed by atoms with Gasteiger partial charge in [0.05, 0.1) is 16.8 Å². The molecule has 7 nitrogen and oxygen atoms in total. The average molecular weight is 479 g/mol. The fourth-order valence-electron chi connectivity index (χ4n) is 4.95. The van der Waals surface area contributed by atoms with Gasteiger partial charge in [-0.25, -0.2) is 12.7 Å². The van der Waals surface area contributed by atoms with E-state index in [-0.39, 0.29) is 11.4 Å². The van der Waals surface area contributed by atoms with Crippen molar-refractivity contribution in [1.82, 2.24) is 14.2 Å². The van der Waals surface area contributed by atoms with Crippen LogP contribution in [0.5, 0.6) is 0 Å². The second-order valence-electron chi connectivity index (χ2n) is 8.97. The van der Waals surface area contributed by atoms with Crippen LogP contribution in [-0.4, -0.2) is 67.8 Å². The number of anilines is 1. The average Bonchev–Trinajstić information content (AvgIpc) is 3.06. The maximum Gasteiger partial charge on any atom is 0.269 e. The molecule has 0 unspecified atom stereocenters. The van der Waals surface area contributed by atoms with Crippen LogP contribution in [0.3, 0.4) is 0 Å². The summed E-state index contributed by atoms with van der Waals surface area (Å²) in [5.74, 6) is -0.394. The number of fused-ring (bicyclic) bond motifs is 2. The molecule has 8 heteroatoms. The number of carbonyl (C=O) groups excluding carboxylic acids is 1. The number of piperazine rings is 1. The number of nitrogens with zero attached hydrogens (tertiary/aromatic N) is 4. The van der Waals surface area contributed by atoms with Crippen molar-refractivity contribution < 1.29 is 13.2 Å². The van der Waals surface area contributed by atoms with Gasteiger partial charge in [-0.15, -0.1) is 0 Å². The number of carbonyl (C=O) groups is 1. The third-order valence-corrected chi connectivity index (χ3v) is 8.66. The van der Waals surface area contributed by atoms with Crippen LogP contribution in [-0.2, 0) is 10.0 Å². The van der Waals surface area contributed by atoms with Crippen LogP contribution in [0.1, 0.15) is 36.0 Å². The van der Waals surface area contributed by atoms with Crippen molar-refractivity contribution in [2.75, 3.05) is 44.2 Å². The first-order chi connectivity index (χ1) is 16.6. The second-order valence-corrected chi connectivity index (χ2v) is 10.8. The zero-order chi connectivity index (χ0) is 23.5. The highest BCUT2D eigenvalue weighted by molar-refractivity contribution is 7.90. The van der Waals surface area contributed by atoms with Gasteiger partial charge in [-0.3, -0.25) is 14.7 Å². The number of hydrogen-bond acceptors (Lipinski definition) is 6. The molecular weight excluding hydrogens is 448 g/mol. The molecule has 1 aromatic heterocycles. The molecule has 0 atom stereocenters. The minimum absolute atomic E-state index is 0.137. The number of para-hydroxylation sites is 1. The molecule has 0 N–H and O–H groups in total. The smallest absolute Gasteiger partial charge is 0.269 e. The minimum Gasteiger partial charge on any atom is -0.367 e. The van der Waals surface area contributed by atoms with E-state index in [4.69, 9.17) is 0 Å². The number of rotatable bonds is 8. The van der Waals surface area contributed by atoms with Crippen molar-refractivity contribution in [3.8, 4) is 0 Å². The van der Waals surface area contributed by atoms with E-state index >= 15 is 0 Å². The summed E-state index contributed by atoms with van der Waals surface area (Å²) in [7, 11) is -3.68. The molecule has 0 saturated carbocycles. The molecular formula is C26H30N4O3S. The maximum atomic E-state index is 12.6. The highest BCUT2D eigenvalue weighted by Crippen LogP contribution is 2.30. The van der Waals surface area contributed by atoms with Gasteiger partial charge in [0, 0.05) is 44.3 Å². The quantitative estimate of drug-likeness (QED) is 0.459. The Balaban J connectivity index is 1.03. The Hall–Kier alpha value is -2.97. The summed E-state index contributed by atoms with van der Waals surface area (Å²) in [6.45, 7) is 5.35. The highest BCUT2D eigenvalue weighted by Gasteiger charge is 2.40. The molecule has 34 heavy (non-hydrogen) atoms. The second kappa shape index (κ2) is 9.72. The van der Waals surface area contributed by atoms with E-state index in [2.05, 4.69) is 39.0 Å². The molecule has 2 aliphatic rings. The van der Waals surface area contributed by atoms with Gasteiger partial charge in [0.25, 0.3) is 15.9 Å². The Morgan fingerprint density at radius 2 is 1.53 bits per heavy atom. The zero-order valence-electron chi connectivity index (χ0n) is 19.3. The number of amides is 1. The third-order valence-electron chi connectivity index (χ3n) is 6.82. The SMILES string of the molecule is O=C1c2ccccc2S(=O)(=O)N1CCCCCCN1CCN(c2cccc3cccnc23)CC1. The summed E-state index contributed by atoms with van der Waals surface area (Å²) in [5, 5.41) is 1.18. The van der Waals surface area contributed by atoms with Gasteiger partial charge in [0.15, 0.2) is 0 Å². The van der Waals surface area contributed by atoms with Crippen LogP contribution in [0.25, 0.3) is 10.9 Å². The normalized spacial score (nSPS) is 17.9. The van der Waals surface area contributed by atoms with Gasteiger partial charge in [-0.05, 0) is 43.7 Å². The Morgan fingerprint density at radius 1 is 0.794 bits per heavy atom. The third kappa shape index (κ3) is 4.40. The van der Waals surface area contributed by atoms with E-state index in [0.717, 1.165) is 61.8 Å². The molecule has 2 aliphatic heterocycles. The van der Waals surface area contributed by atoms with Gasteiger partial charge in [0.2, 0.25) is 0 Å². The lowest BCUT2D eigenvalue weighted by atomic mass is 10.1. The van der Waals surface area contributed by atoms with Gasteiger partial charge in [0.1, 0.15) is 4.90 Å². The van der Waals surface area contributed by atoms with Gasteiger partial charge < -0.3 is 4.90 Å². The Bertz CT molecular complexity index is 1280. The van der Waals surface area contributed by atoms with E-state index in [1.807, 2.05) is 12.3 Å². The minimum atomic E-state index is -3.68. The number of unbranched alkanes of at least 4 members (excludes halogenated alkanes) is 3. The lowest BCUT2D eigenvalue weighted by Gasteiger charge is -2.36. The largest absolute Gasteiger partial charge is 0.367 e. The number of sulfonamides is 1. The number of pyridine rings is 1. The lowest BCUT2D eigenvalue weighted by Crippen LogP contribution is -2.46. The van der Waals surface area contributed by atoms with Crippen LogP contribution in [0.15, 0.2) is 65.7 Å². The molecule has 1 fully saturated rings. The van der Waals surface area contributed by atoms with Gasteiger partial charge in [-0.1, -0.05) is 43.2 Å². The van der Waals surface area contributed by atoms with Crippen molar-refractivity contribution in [1.29, 1.82) is 0 Å². The summed E-state index contributed by atoms with van der Waals surface area (Å²) in [5.41, 5.74) is 2.58. The van der Waals surface area contributed by atoms with Crippen LogP contribution < -0.4 is 4.90 Å².